The van der Waals surface area contributed by atoms with E-state index in [-0.39, 0.29) is 0 Å². The lowest BCUT2D eigenvalue weighted by molar-refractivity contribution is -0.682. The van der Waals surface area contributed by atoms with E-state index in [0.29, 0.717) is 18.7 Å². The Hall–Kier alpha value is -1.18. The van der Waals surface area contributed by atoms with Gasteiger partial charge in [0.25, 0.3) is 0 Å². The number of aromatic nitrogens is 1. The summed E-state index contributed by atoms with van der Waals surface area (Å²) in [5.74, 6) is 0.311. The number of Topliss-reactive ketones (excluding diaryl/α,β-unsaturated/α-hetero) is 1. The van der Waals surface area contributed by atoms with Crippen molar-refractivity contribution in [1.29, 1.82) is 0 Å². The molecule has 0 saturated carbocycles. The molecular formula is C8H8NO+. The minimum atomic E-state index is 0.311. The van der Waals surface area contributed by atoms with Crippen molar-refractivity contribution in [1.82, 2.24) is 0 Å². The highest BCUT2D eigenvalue weighted by atomic mass is 16.1. The average molecular weight is 134 g/mol. The number of carbonyl (C=O) groups excluding carboxylic acids is 1. The normalized spacial score (nSPS) is 15.4. The number of hydrogen-bond acceptors (Lipinski definition) is 1. The van der Waals surface area contributed by atoms with Crippen molar-refractivity contribution in [3.8, 4) is 0 Å². The quantitative estimate of drug-likeness (QED) is 0.461. The van der Waals surface area contributed by atoms with E-state index in [1.807, 2.05) is 29.0 Å². The van der Waals surface area contributed by atoms with Gasteiger partial charge in [0.15, 0.2) is 11.9 Å². The van der Waals surface area contributed by atoms with Crippen LogP contribution in [0.4, 0.5) is 0 Å². The van der Waals surface area contributed by atoms with Crippen LogP contribution < -0.4 is 4.57 Å². The number of pyridine rings is 1. The van der Waals surface area contributed by atoms with Crippen molar-refractivity contribution < 1.29 is 9.36 Å². The molecule has 2 heteroatoms. The van der Waals surface area contributed by atoms with Gasteiger partial charge in [-0.15, -0.1) is 0 Å². The predicted molar refractivity (Wildman–Crippen MR) is 35.3 cm³/mol. The van der Waals surface area contributed by atoms with Crippen LogP contribution in [-0.2, 0) is 17.8 Å². The van der Waals surface area contributed by atoms with Crippen molar-refractivity contribution >= 4 is 5.78 Å². The summed E-state index contributed by atoms with van der Waals surface area (Å²) in [5, 5.41) is 0. The van der Waals surface area contributed by atoms with E-state index in [1.165, 1.54) is 0 Å². The van der Waals surface area contributed by atoms with Crippen molar-refractivity contribution in [3.63, 3.8) is 0 Å². The Morgan fingerprint density at radius 2 is 2.30 bits per heavy atom. The van der Waals surface area contributed by atoms with Gasteiger partial charge in [0, 0.05) is 12.1 Å². The van der Waals surface area contributed by atoms with E-state index in [2.05, 4.69) is 0 Å². The zero-order chi connectivity index (χ0) is 6.97. The minimum absolute atomic E-state index is 0.311. The molecule has 0 aliphatic carbocycles. The highest BCUT2D eigenvalue weighted by Gasteiger charge is 2.24. The van der Waals surface area contributed by atoms with Gasteiger partial charge < -0.3 is 0 Å². The standard InChI is InChI=1S/C8H8NO/c10-8-5-7-3-1-2-4-9(7)6-8/h1-4H,5-6H2/q+1. The fraction of sp³-hybridized carbons (Fsp3) is 0.250. The van der Waals surface area contributed by atoms with E-state index in [0.717, 1.165) is 5.69 Å². The lowest BCUT2D eigenvalue weighted by Gasteiger charge is -1.85. The molecule has 1 aliphatic rings. The molecule has 50 valence electrons. The SMILES string of the molecule is O=C1Cc2cccc[n+]2C1. The van der Waals surface area contributed by atoms with Crippen LogP contribution in [-0.4, -0.2) is 5.78 Å². The summed E-state index contributed by atoms with van der Waals surface area (Å²) in [6.45, 7) is 0.566. The Kier molecular flexibility index (Phi) is 1.07. The lowest BCUT2D eigenvalue weighted by Crippen LogP contribution is -2.33. The monoisotopic (exact) mass is 134 g/mol. The van der Waals surface area contributed by atoms with Crippen LogP contribution in [0.1, 0.15) is 5.69 Å². The number of carbonyl (C=O) groups is 1. The number of fused-ring (bicyclic) bond motifs is 1. The van der Waals surface area contributed by atoms with Gasteiger partial charge in [0.1, 0.15) is 0 Å². The third-order valence-corrected chi connectivity index (χ3v) is 1.76. The summed E-state index contributed by atoms with van der Waals surface area (Å²) in [6.07, 6.45) is 2.56. The molecule has 0 amide bonds. The highest BCUT2D eigenvalue weighted by molar-refractivity contribution is 5.80. The van der Waals surface area contributed by atoms with Crippen LogP contribution in [0.2, 0.25) is 0 Å². The topological polar surface area (TPSA) is 20.9 Å². The van der Waals surface area contributed by atoms with Crippen molar-refractivity contribution in [2.45, 2.75) is 13.0 Å². The van der Waals surface area contributed by atoms with Gasteiger partial charge in [-0.25, -0.2) is 0 Å². The molecule has 1 aromatic heterocycles. The Morgan fingerprint density at radius 3 is 3.10 bits per heavy atom. The van der Waals surface area contributed by atoms with Crippen LogP contribution >= 0.6 is 0 Å². The maximum Gasteiger partial charge on any atom is 0.207 e. The van der Waals surface area contributed by atoms with Gasteiger partial charge in [-0.2, -0.15) is 4.57 Å². The third-order valence-electron chi connectivity index (χ3n) is 1.76. The van der Waals surface area contributed by atoms with E-state index in [9.17, 15) is 4.79 Å². The largest absolute Gasteiger partial charge is 0.292 e. The molecule has 0 aromatic carbocycles. The molecule has 0 atom stereocenters. The molecule has 0 bridgehead atoms. The molecule has 1 aliphatic heterocycles. The van der Waals surface area contributed by atoms with E-state index >= 15 is 0 Å². The molecule has 10 heavy (non-hydrogen) atoms. The van der Waals surface area contributed by atoms with Crippen molar-refractivity contribution in [2.24, 2.45) is 0 Å². The second-order valence-electron chi connectivity index (χ2n) is 2.54. The summed E-state index contributed by atoms with van der Waals surface area (Å²) >= 11 is 0. The summed E-state index contributed by atoms with van der Waals surface area (Å²) in [5.41, 5.74) is 1.13. The average Bonchev–Trinajstić information content (AvgIpc) is 2.27. The second kappa shape index (κ2) is 1.90. The summed E-state index contributed by atoms with van der Waals surface area (Å²) in [6, 6.07) is 5.90. The first-order chi connectivity index (χ1) is 4.86. The van der Waals surface area contributed by atoms with Crippen LogP contribution in [0.5, 0.6) is 0 Å². The molecule has 0 N–H and O–H groups in total. The summed E-state index contributed by atoms with van der Waals surface area (Å²) < 4.78 is 1.99. The molecule has 2 heterocycles. The molecule has 1 aromatic rings. The fourth-order valence-corrected chi connectivity index (χ4v) is 1.27. The first kappa shape index (κ1) is 5.59. The first-order valence-corrected chi connectivity index (χ1v) is 3.35. The number of hydrogen-bond donors (Lipinski definition) is 0. The molecule has 0 fully saturated rings. The van der Waals surface area contributed by atoms with Gasteiger partial charge in [-0.3, -0.25) is 4.79 Å². The minimum Gasteiger partial charge on any atom is -0.292 e. The van der Waals surface area contributed by atoms with E-state index < -0.39 is 0 Å². The Bertz CT molecular complexity index is 253. The molecule has 0 radical (unpaired) electrons. The number of nitrogens with zero attached hydrogens (tertiary/aromatic N) is 1. The van der Waals surface area contributed by atoms with Crippen LogP contribution in [0, 0.1) is 0 Å². The molecule has 0 saturated heterocycles. The number of ketones is 1. The zero-order valence-corrected chi connectivity index (χ0v) is 5.58. The Labute approximate surface area is 59.1 Å². The Morgan fingerprint density at radius 1 is 1.40 bits per heavy atom. The van der Waals surface area contributed by atoms with Crippen molar-refractivity contribution in [2.75, 3.05) is 0 Å². The number of rotatable bonds is 0. The predicted octanol–water partition coefficient (Wildman–Crippen LogP) is 0.0993. The molecular weight excluding hydrogens is 126 g/mol. The van der Waals surface area contributed by atoms with Gasteiger partial charge in [-0.1, -0.05) is 6.07 Å². The van der Waals surface area contributed by atoms with Crippen molar-refractivity contribution in [3.05, 3.63) is 30.1 Å². The lowest BCUT2D eigenvalue weighted by atomic mass is 10.3. The second-order valence-corrected chi connectivity index (χ2v) is 2.54. The van der Waals surface area contributed by atoms with E-state index in [4.69, 9.17) is 0 Å². The molecule has 2 rings (SSSR count). The first-order valence-electron chi connectivity index (χ1n) is 3.35. The molecule has 2 nitrogen and oxygen atoms in total. The molecule has 0 unspecified atom stereocenters. The fourth-order valence-electron chi connectivity index (χ4n) is 1.27. The van der Waals surface area contributed by atoms with Gasteiger partial charge in [0.2, 0.25) is 12.3 Å². The molecule has 0 spiro atoms. The maximum absolute atomic E-state index is 10.9. The van der Waals surface area contributed by atoms with E-state index in [1.54, 1.807) is 0 Å². The van der Waals surface area contributed by atoms with Crippen LogP contribution in [0.25, 0.3) is 0 Å². The zero-order valence-electron chi connectivity index (χ0n) is 5.58. The summed E-state index contributed by atoms with van der Waals surface area (Å²) in [4.78, 5) is 10.9. The summed E-state index contributed by atoms with van der Waals surface area (Å²) in [7, 11) is 0. The van der Waals surface area contributed by atoms with Gasteiger partial charge >= 0.3 is 0 Å². The highest BCUT2D eigenvalue weighted by Crippen LogP contribution is 2.00. The Balaban J connectivity index is 2.51. The third kappa shape index (κ3) is 0.727. The van der Waals surface area contributed by atoms with Gasteiger partial charge in [-0.05, 0) is 0 Å². The van der Waals surface area contributed by atoms with Crippen LogP contribution in [0.15, 0.2) is 24.4 Å². The van der Waals surface area contributed by atoms with Crippen LogP contribution in [0.3, 0.4) is 0 Å². The van der Waals surface area contributed by atoms with Gasteiger partial charge in [0.05, 0.1) is 6.42 Å². The maximum atomic E-state index is 10.9. The smallest absolute Gasteiger partial charge is 0.207 e.